The average molecular weight is 354 g/mol. The molecule has 1 aromatic carbocycles. The van der Waals surface area contributed by atoms with Gasteiger partial charge in [-0.2, -0.15) is 0 Å². The lowest BCUT2D eigenvalue weighted by molar-refractivity contribution is -0.119. The number of benzene rings is 1. The third-order valence-corrected chi connectivity index (χ3v) is 4.55. The molecule has 2 aliphatic heterocycles. The first kappa shape index (κ1) is 18.7. The van der Waals surface area contributed by atoms with E-state index in [0.717, 1.165) is 30.8 Å². The molecule has 1 unspecified atom stereocenters. The minimum Gasteiger partial charge on any atom is -0.378 e. The summed E-state index contributed by atoms with van der Waals surface area (Å²) in [4.78, 5) is 26.8. The van der Waals surface area contributed by atoms with Gasteiger partial charge in [-0.1, -0.05) is 6.07 Å². The van der Waals surface area contributed by atoms with E-state index >= 15 is 0 Å². The van der Waals surface area contributed by atoms with Gasteiger partial charge in [-0.05, 0) is 37.6 Å². The number of nitrogens with zero attached hydrogens (tertiary/aromatic N) is 1. The summed E-state index contributed by atoms with van der Waals surface area (Å²) in [5.41, 5.74) is 2.19. The van der Waals surface area contributed by atoms with Gasteiger partial charge in [0.2, 0.25) is 5.91 Å². The Balaban J connectivity index is 0.00000208. The highest BCUT2D eigenvalue weighted by molar-refractivity contribution is 6.00. The fourth-order valence-corrected chi connectivity index (χ4v) is 3.05. The summed E-state index contributed by atoms with van der Waals surface area (Å²) in [5, 5.41) is 6.17. The fourth-order valence-electron chi connectivity index (χ4n) is 3.05. The maximum Gasteiger partial charge on any atom is 0.254 e. The van der Waals surface area contributed by atoms with Crippen molar-refractivity contribution in [2.45, 2.75) is 13.3 Å². The standard InChI is InChI=1S/C17H23N3O3.ClH/c1-12-14(17(22)20-7-9-23-10-8-20)3-2-4-15(12)19-16(21)13-5-6-18-11-13;/h2-4,13,18H,5-11H2,1H3,(H,19,21);1H. The van der Waals surface area contributed by atoms with Gasteiger partial charge in [-0.3, -0.25) is 9.59 Å². The van der Waals surface area contributed by atoms with Crippen molar-refractivity contribution >= 4 is 29.9 Å². The van der Waals surface area contributed by atoms with Gasteiger partial charge in [0, 0.05) is 30.9 Å². The second kappa shape index (κ2) is 8.46. The highest BCUT2D eigenvalue weighted by Crippen LogP contribution is 2.22. The number of carbonyl (C=O) groups is 2. The van der Waals surface area contributed by atoms with Gasteiger partial charge in [0.1, 0.15) is 0 Å². The summed E-state index contributed by atoms with van der Waals surface area (Å²) in [6.07, 6.45) is 0.858. The zero-order chi connectivity index (χ0) is 16.2. The second-order valence-electron chi connectivity index (χ2n) is 6.06. The Bertz CT molecular complexity index is 597. The molecule has 132 valence electrons. The maximum absolute atomic E-state index is 12.7. The van der Waals surface area contributed by atoms with E-state index in [2.05, 4.69) is 10.6 Å². The lowest BCUT2D eigenvalue weighted by Crippen LogP contribution is -2.41. The molecule has 0 aliphatic carbocycles. The number of ether oxygens (including phenoxy) is 1. The quantitative estimate of drug-likeness (QED) is 0.862. The van der Waals surface area contributed by atoms with E-state index < -0.39 is 0 Å². The molecule has 2 heterocycles. The molecule has 0 bridgehead atoms. The van der Waals surface area contributed by atoms with Crippen molar-refractivity contribution in [3.8, 4) is 0 Å². The van der Waals surface area contributed by atoms with Gasteiger partial charge in [0.05, 0.1) is 19.1 Å². The van der Waals surface area contributed by atoms with Crippen LogP contribution in [0.1, 0.15) is 22.3 Å². The Morgan fingerprint density at radius 3 is 2.71 bits per heavy atom. The molecular weight excluding hydrogens is 330 g/mol. The first-order valence-corrected chi connectivity index (χ1v) is 8.15. The molecular formula is C17H24ClN3O3. The summed E-state index contributed by atoms with van der Waals surface area (Å²) in [7, 11) is 0. The van der Waals surface area contributed by atoms with Crippen molar-refractivity contribution in [1.82, 2.24) is 10.2 Å². The smallest absolute Gasteiger partial charge is 0.254 e. The second-order valence-corrected chi connectivity index (χ2v) is 6.06. The van der Waals surface area contributed by atoms with Crippen LogP contribution < -0.4 is 10.6 Å². The molecule has 1 atom stereocenters. The molecule has 2 fully saturated rings. The molecule has 3 rings (SSSR count). The van der Waals surface area contributed by atoms with E-state index in [9.17, 15) is 9.59 Å². The van der Waals surface area contributed by atoms with E-state index in [-0.39, 0.29) is 30.1 Å². The predicted octanol–water partition coefficient (Wildman–Crippen LogP) is 1.44. The van der Waals surface area contributed by atoms with E-state index in [4.69, 9.17) is 4.74 Å². The molecule has 24 heavy (non-hydrogen) atoms. The largest absolute Gasteiger partial charge is 0.378 e. The van der Waals surface area contributed by atoms with E-state index in [0.29, 0.717) is 31.9 Å². The number of anilines is 1. The van der Waals surface area contributed by atoms with Crippen molar-refractivity contribution in [3.05, 3.63) is 29.3 Å². The molecule has 0 saturated carbocycles. The third kappa shape index (κ3) is 4.06. The van der Waals surface area contributed by atoms with Crippen LogP contribution in [0.15, 0.2) is 18.2 Å². The van der Waals surface area contributed by atoms with Gasteiger partial charge in [0.25, 0.3) is 5.91 Å². The highest BCUT2D eigenvalue weighted by Gasteiger charge is 2.24. The minimum absolute atomic E-state index is 0. The molecule has 2 saturated heterocycles. The molecule has 2 amide bonds. The molecule has 0 aromatic heterocycles. The van der Waals surface area contributed by atoms with Crippen molar-refractivity contribution < 1.29 is 14.3 Å². The number of nitrogens with one attached hydrogen (secondary N) is 2. The Morgan fingerprint density at radius 1 is 1.29 bits per heavy atom. The number of hydrogen-bond donors (Lipinski definition) is 2. The molecule has 0 radical (unpaired) electrons. The zero-order valence-corrected chi connectivity index (χ0v) is 14.7. The Hall–Kier alpha value is -1.63. The summed E-state index contributed by atoms with van der Waals surface area (Å²) >= 11 is 0. The Labute approximate surface area is 148 Å². The van der Waals surface area contributed by atoms with E-state index in [1.165, 1.54) is 0 Å². The van der Waals surface area contributed by atoms with Crippen LogP contribution in [0.2, 0.25) is 0 Å². The average Bonchev–Trinajstić information content (AvgIpc) is 3.11. The number of morpholine rings is 1. The Kier molecular flexibility index (Phi) is 6.60. The Morgan fingerprint density at radius 2 is 2.04 bits per heavy atom. The van der Waals surface area contributed by atoms with Crippen molar-refractivity contribution in [2.24, 2.45) is 5.92 Å². The number of carbonyl (C=O) groups excluding carboxylic acids is 2. The first-order valence-electron chi connectivity index (χ1n) is 8.15. The summed E-state index contributed by atoms with van der Waals surface area (Å²) in [6.45, 7) is 5.87. The predicted molar refractivity (Wildman–Crippen MR) is 94.8 cm³/mol. The summed E-state index contributed by atoms with van der Waals surface area (Å²) < 4.78 is 5.29. The number of rotatable bonds is 3. The van der Waals surface area contributed by atoms with Crippen molar-refractivity contribution in [1.29, 1.82) is 0 Å². The van der Waals surface area contributed by atoms with Crippen LogP contribution in [0.4, 0.5) is 5.69 Å². The lowest BCUT2D eigenvalue weighted by Gasteiger charge is -2.27. The lowest BCUT2D eigenvalue weighted by atomic mass is 10.0. The summed E-state index contributed by atoms with van der Waals surface area (Å²) in [5.74, 6) is 0.0338. The van der Waals surface area contributed by atoms with Crippen molar-refractivity contribution in [3.63, 3.8) is 0 Å². The normalized spacial score (nSPS) is 20.4. The minimum atomic E-state index is 0. The molecule has 6 nitrogen and oxygen atoms in total. The summed E-state index contributed by atoms with van der Waals surface area (Å²) in [6, 6.07) is 5.49. The highest BCUT2D eigenvalue weighted by atomic mass is 35.5. The zero-order valence-electron chi connectivity index (χ0n) is 13.8. The number of halogens is 1. The fraction of sp³-hybridized carbons (Fsp3) is 0.529. The van der Waals surface area contributed by atoms with Crippen LogP contribution in [0.3, 0.4) is 0 Å². The van der Waals surface area contributed by atoms with Gasteiger partial charge >= 0.3 is 0 Å². The maximum atomic E-state index is 12.7. The SMILES string of the molecule is Cc1c(NC(=O)C2CCNC2)cccc1C(=O)N1CCOCC1.Cl. The van der Waals surface area contributed by atoms with Gasteiger partial charge in [0.15, 0.2) is 0 Å². The van der Waals surface area contributed by atoms with Crippen LogP contribution in [0, 0.1) is 12.8 Å². The monoisotopic (exact) mass is 353 g/mol. The molecule has 2 N–H and O–H groups in total. The van der Waals surface area contributed by atoms with Crippen LogP contribution in [-0.2, 0) is 9.53 Å². The van der Waals surface area contributed by atoms with Gasteiger partial charge in [-0.15, -0.1) is 12.4 Å². The van der Waals surface area contributed by atoms with E-state index in [1.807, 2.05) is 25.1 Å². The van der Waals surface area contributed by atoms with Gasteiger partial charge < -0.3 is 20.3 Å². The molecule has 7 heteroatoms. The van der Waals surface area contributed by atoms with Crippen LogP contribution in [0.5, 0.6) is 0 Å². The van der Waals surface area contributed by atoms with Crippen molar-refractivity contribution in [2.75, 3.05) is 44.7 Å². The first-order chi connectivity index (χ1) is 11.2. The van der Waals surface area contributed by atoms with Crippen LogP contribution in [0.25, 0.3) is 0 Å². The third-order valence-electron chi connectivity index (χ3n) is 4.55. The topological polar surface area (TPSA) is 70.7 Å². The number of hydrogen-bond acceptors (Lipinski definition) is 4. The number of amides is 2. The van der Waals surface area contributed by atoms with Crippen LogP contribution in [-0.4, -0.2) is 56.1 Å². The van der Waals surface area contributed by atoms with E-state index in [1.54, 1.807) is 4.90 Å². The molecule has 1 aromatic rings. The molecule has 0 spiro atoms. The molecule has 2 aliphatic rings. The van der Waals surface area contributed by atoms with Crippen LogP contribution >= 0.6 is 12.4 Å². The van der Waals surface area contributed by atoms with Gasteiger partial charge in [-0.25, -0.2) is 0 Å².